The molecule has 9 heteroatoms. The molecule has 8 nitrogen and oxygen atoms in total. The molecule has 0 unspecified atom stereocenters. The topological polar surface area (TPSA) is 92.8 Å². The van der Waals surface area contributed by atoms with Crippen molar-refractivity contribution in [2.75, 3.05) is 0 Å². The highest BCUT2D eigenvalue weighted by Gasteiger charge is 2.35. The smallest absolute Gasteiger partial charge is 0.253 e. The van der Waals surface area contributed by atoms with Gasteiger partial charge in [0.15, 0.2) is 5.82 Å². The first kappa shape index (κ1) is 24.1. The summed E-state index contributed by atoms with van der Waals surface area (Å²) in [5.74, 6) is 1.43. The maximum absolute atomic E-state index is 13.6. The predicted octanol–water partition coefficient (Wildman–Crippen LogP) is 5.41. The van der Waals surface area contributed by atoms with Gasteiger partial charge in [0.25, 0.3) is 5.56 Å². The average Bonchev–Trinajstić information content (AvgIpc) is 3.63. The van der Waals surface area contributed by atoms with Crippen LogP contribution in [0.3, 0.4) is 0 Å². The van der Waals surface area contributed by atoms with Crippen LogP contribution in [-0.4, -0.2) is 30.1 Å². The van der Waals surface area contributed by atoms with Gasteiger partial charge in [0.1, 0.15) is 11.8 Å². The van der Waals surface area contributed by atoms with Crippen LogP contribution in [-0.2, 0) is 18.6 Å². The molecule has 0 aliphatic carbocycles. The van der Waals surface area contributed by atoms with Crippen molar-refractivity contribution in [1.82, 2.24) is 30.1 Å². The summed E-state index contributed by atoms with van der Waals surface area (Å²) >= 11 is 1.68. The van der Waals surface area contributed by atoms with E-state index in [2.05, 4.69) is 63.7 Å². The molecule has 0 fully saturated rings. The van der Waals surface area contributed by atoms with Gasteiger partial charge in [-0.05, 0) is 84.3 Å². The first-order valence-corrected chi connectivity index (χ1v) is 12.9. The van der Waals surface area contributed by atoms with Crippen LogP contribution in [0.15, 0.2) is 69.4 Å². The van der Waals surface area contributed by atoms with Crippen LogP contribution in [0, 0.1) is 6.92 Å². The van der Waals surface area contributed by atoms with Crippen molar-refractivity contribution in [3.63, 3.8) is 0 Å². The lowest BCUT2D eigenvalue weighted by molar-refractivity contribution is 0.169. The minimum atomic E-state index is -0.507. The molecule has 0 amide bonds. The molecule has 4 aromatic heterocycles. The lowest BCUT2D eigenvalue weighted by Gasteiger charge is -2.33. The summed E-state index contributed by atoms with van der Waals surface area (Å²) in [5, 5.41) is 16.0. The largest absolute Gasteiger partial charge is 0.468 e. The van der Waals surface area contributed by atoms with E-state index in [1.165, 1.54) is 4.88 Å². The van der Waals surface area contributed by atoms with E-state index in [1.54, 1.807) is 17.6 Å². The Kier molecular flexibility index (Phi) is 6.59. The third-order valence-corrected chi connectivity index (χ3v) is 7.61. The second-order valence-electron chi connectivity index (χ2n) is 9.73. The van der Waals surface area contributed by atoms with E-state index in [9.17, 15) is 4.79 Å². The standard InChI is InChI=1S/C27H30N6O2S/c1-5-27(3,4)33-25(29-30-31-33)24(22-15-19-11-10-18(2)14-23(19)28-26(22)34)32(16-20-8-6-12-35-20)17-21-9-7-13-36-21/h6-15,24H,5,16-17H2,1-4H3,(H,28,34)/t24-/m0/s1. The summed E-state index contributed by atoms with van der Waals surface area (Å²) in [4.78, 5) is 20.1. The van der Waals surface area contributed by atoms with Gasteiger partial charge in [0.05, 0.1) is 18.3 Å². The molecular formula is C27H30N6O2S. The van der Waals surface area contributed by atoms with Gasteiger partial charge in [-0.1, -0.05) is 25.1 Å². The second-order valence-corrected chi connectivity index (χ2v) is 10.8. The molecule has 0 saturated heterocycles. The van der Waals surface area contributed by atoms with Crippen LogP contribution >= 0.6 is 11.3 Å². The Morgan fingerprint density at radius 1 is 1.17 bits per heavy atom. The zero-order valence-corrected chi connectivity index (χ0v) is 21.7. The number of nitrogens with one attached hydrogen (secondary N) is 1. The zero-order valence-electron chi connectivity index (χ0n) is 20.9. The van der Waals surface area contributed by atoms with E-state index >= 15 is 0 Å². The van der Waals surface area contributed by atoms with Crippen LogP contribution in [0.1, 0.15) is 60.8 Å². The number of aromatic amines is 1. The van der Waals surface area contributed by atoms with Crippen molar-refractivity contribution in [2.45, 2.75) is 58.8 Å². The van der Waals surface area contributed by atoms with Crippen molar-refractivity contribution >= 4 is 22.2 Å². The van der Waals surface area contributed by atoms with E-state index in [4.69, 9.17) is 4.42 Å². The number of hydrogen-bond acceptors (Lipinski definition) is 7. The molecule has 1 N–H and O–H groups in total. The molecule has 0 spiro atoms. The molecule has 186 valence electrons. The van der Waals surface area contributed by atoms with Gasteiger partial charge in [-0.2, -0.15) is 0 Å². The summed E-state index contributed by atoms with van der Waals surface area (Å²) in [5.41, 5.74) is 2.01. The number of rotatable bonds is 9. The minimum absolute atomic E-state index is 0.155. The third kappa shape index (κ3) is 4.76. The SMILES string of the molecule is CCC(C)(C)n1nnnc1[C@H](c1cc2ccc(C)cc2[nH]c1=O)N(Cc1ccco1)Cc1cccs1. The average molecular weight is 503 g/mol. The molecule has 36 heavy (non-hydrogen) atoms. The Hall–Kier alpha value is -3.56. The summed E-state index contributed by atoms with van der Waals surface area (Å²) in [6, 6.07) is 15.5. The quantitative estimate of drug-likeness (QED) is 0.290. The van der Waals surface area contributed by atoms with E-state index in [0.717, 1.165) is 28.6 Å². The number of pyridine rings is 1. The maximum Gasteiger partial charge on any atom is 0.253 e. The van der Waals surface area contributed by atoms with Crippen molar-refractivity contribution in [2.24, 2.45) is 0 Å². The Morgan fingerprint density at radius 2 is 2.03 bits per heavy atom. The molecule has 0 aliphatic heterocycles. The number of tetrazole rings is 1. The number of benzene rings is 1. The summed E-state index contributed by atoms with van der Waals surface area (Å²) in [6.45, 7) is 9.43. The fourth-order valence-corrected chi connectivity index (χ4v) is 5.15. The molecule has 1 atom stereocenters. The normalized spacial score (nSPS) is 13.0. The first-order chi connectivity index (χ1) is 17.4. The van der Waals surface area contributed by atoms with Crippen LogP contribution < -0.4 is 5.56 Å². The van der Waals surface area contributed by atoms with Gasteiger partial charge in [-0.3, -0.25) is 9.69 Å². The Bertz CT molecular complexity index is 1460. The second kappa shape index (κ2) is 9.83. The molecular weight excluding hydrogens is 472 g/mol. The Labute approximate surface area is 213 Å². The number of furan rings is 1. The highest BCUT2D eigenvalue weighted by atomic mass is 32.1. The third-order valence-electron chi connectivity index (χ3n) is 6.74. The molecule has 1 aromatic carbocycles. The van der Waals surface area contributed by atoms with Crippen molar-refractivity contribution < 1.29 is 4.42 Å². The molecule has 5 rings (SSSR count). The van der Waals surface area contributed by atoms with E-state index < -0.39 is 6.04 Å². The number of nitrogens with zero attached hydrogens (tertiary/aromatic N) is 5. The van der Waals surface area contributed by atoms with Gasteiger partial charge in [-0.25, -0.2) is 4.68 Å². The Balaban J connectivity index is 1.72. The van der Waals surface area contributed by atoms with Crippen molar-refractivity contribution in [1.29, 1.82) is 0 Å². The Morgan fingerprint density at radius 3 is 2.75 bits per heavy atom. The number of aromatic nitrogens is 5. The van der Waals surface area contributed by atoms with Crippen molar-refractivity contribution in [3.05, 3.63) is 98.1 Å². The van der Waals surface area contributed by atoms with Crippen LogP contribution in [0.25, 0.3) is 10.9 Å². The van der Waals surface area contributed by atoms with Crippen LogP contribution in [0.5, 0.6) is 0 Å². The van der Waals surface area contributed by atoms with Gasteiger partial charge in [0, 0.05) is 22.5 Å². The molecule has 4 heterocycles. The summed E-state index contributed by atoms with van der Waals surface area (Å²) < 4.78 is 7.60. The van der Waals surface area contributed by atoms with E-state index in [1.807, 2.05) is 48.0 Å². The first-order valence-electron chi connectivity index (χ1n) is 12.1. The lowest BCUT2D eigenvalue weighted by Crippen LogP contribution is -2.37. The fourth-order valence-electron chi connectivity index (χ4n) is 4.42. The van der Waals surface area contributed by atoms with Crippen LogP contribution in [0.4, 0.5) is 0 Å². The lowest BCUT2D eigenvalue weighted by atomic mass is 9.99. The minimum Gasteiger partial charge on any atom is -0.468 e. The molecule has 5 aromatic rings. The highest BCUT2D eigenvalue weighted by Crippen LogP contribution is 2.33. The molecule has 0 saturated carbocycles. The molecule has 0 radical (unpaired) electrons. The monoisotopic (exact) mass is 502 g/mol. The van der Waals surface area contributed by atoms with E-state index in [0.29, 0.717) is 24.5 Å². The molecule has 0 aliphatic rings. The number of hydrogen-bond donors (Lipinski definition) is 1. The number of H-pyrrole nitrogens is 1. The van der Waals surface area contributed by atoms with Gasteiger partial charge in [-0.15, -0.1) is 16.4 Å². The number of aryl methyl sites for hydroxylation is 1. The maximum atomic E-state index is 13.6. The van der Waals surface area contributed by atoms with Gasteiger partial charge >= 0.3 is 0 Å². The van der Waals surface area contributed by atoms with Gasteiger partial charge in [0.2, 0.25) is 0 Å². The van der Waals surface area contributed by atoms with E-state index in [-0.39, 0.29) is 11.1 Å². The van der Waals surface area contributed by atoms with Crippen LogP contribution in [0.2, 0.25) is 0 Å². The summed E-state index contributed by atoms with van der Waals surface area (Å²) in [7, 11) is 0. The number of thiophene rings is 1. The van der Waals surface area contributed by atoms with Gasteiger partial charge < -0.3 is 9.40 Å². The van der Waals surface area contributed by atoms with Crippen molar-refractivity contribution in [3.8, 4) is 0 Å². The highest BCUT2D eigenvalue weighted by molar-refractivity contribution is 7.09. The fraction of sp³-hybridized carbons (Fsp3) is 0.333. The summed E-state index contributed by atoms with van der Waals surface area (Å²) in [6.07, 6.45) is 2.50. The number of fused-ring (bicyclic) bond motifs is 1. The molecule has 0 bridgehead atoms. The zero-order chi connectivity index (χ0) is 25.3. The predicted molar refractivity (Wildman–Crippen MR) is 141 cm³/mol.